The van der Waals surface area contributed by atoms with Crippen LogP contribution in [-0.2, 0) is 9.59 Å². The van der Waals surface area contributed by atoms with Crippen LogP contribution in [0.25, 0.3) is 5.57 Å². The quantitative estimate of drug-likeness (QED) is 0.488. The van der Waals surface area contributed by atoms with Crippen LogP contribution in [0.15, 0.2) is 82.6 Å². The number of hydrogen-bond donors (Lipinski definition) is 0. The Morgan fingerprint density at radius 3 is 2.27 bits per heavy atom. The van der Waals surface area contributed by atoms with Crippen molar-refractivity contribution in [1.29, 1.82) is 0 Å². The van der Waals surface area contributed by atoms with Crippen molar-refractivity contribution < 1.29 is 18.7 Å². The van der Waals surface area contributed by atoms with Gasteiger partial charge in [-0.3, -0.25) is 9.59 Å². The molecular weight excluding hydrogens is 425 g/mol. The molecule has 0 unspecified atom stereocenters. The minimum atomic E-state index is -0.530. The van der Waals surface area contributed by atoms with E-state index in [9.17, 15) is 14.0 Å². The maximum Gasteiger partial charge on any atom is 0.272 e. The summed E-state index contributed by atoms with van der Waals surface area (Å²) in [5.41, 5.74) is 1.01. The highest BCUT2D eigenvalue weighted by Crippen LogP contribution is 2.41. The fraction of sp³-hybridized carbons (Fsp3) is 0.0435. The first-order chi connectivity index (χ1) is 14.5. The number of hydrogen-bond acceptors (Lipinski definition) is 4. The van der Waals surface area contributed by atoms with E-state index in [1.54, 1.807) is 55.6 Å². The number of methoxy groups -OCH3 is 1. The van der Waals surface area contributed by atoms with Crippen molar-refractivity contribution in [2.45, 2.75) is 4.90 Å². The largest absolute Gasteiger partial charge is 0.497 e. The van der Waals surface area contributed by atoms with Crippen LogP contribution in [0.1, 0.15) is 5.56 Å². The van der Waals surface area contributed by atoms with Crippen molar-refractivity contribution in [1.82, 2.24) is 0 Å². The van der Waals surface area contributed by atoms with Gasteiger partial charge in [0.05, 0.1) is 23.3 Å². The molecule has 4 rings (SSSR count). The summed E-state index contributed by atoms with van der Waals surface area (Å²) in [5, 5.41) is 0.568. The molecule has 150 valence electrons. The summed E-state index contributed by atoms with van der Waals surface area (Å²) in [6, 6.07) is 19.3. The topological polar surface area (TPSA) is 46.6 Å². The van der Waals surface area contributed by atoms with Crippen molar-refractivity contribution in [2.75, 3.05) is 12.0 Å². The Balaban J connectivity index is 1.81. The third-order valence-corrected chi connectivity index (χ3v) is 5.86. The van der Waals surface area contributed by atoms with Crippen LogP contribution in [0.3, 0.4) is 0 Å². The molecule has 1 heterocycles. The van der Waals surface area contributed by atoms with Gasteiger partial charge < -0.3 is 4.74 Å². The first-order valence-corrected chi connectivity index (χ1v) is 10.1. The molecule has 3 aromatic rings. The minimum Gasteiger partial charge on any atom is -0.497 e. The third kappa shape index (κ3) is 3.84. The van der Waals surface area contributed by atoms with Gasteiger partial charge in [0.2, 0.25) is 0 Å². The highest BCUT2D eigenvalue weighted by molar-refractivity contribution is 8.04. The zero-order valence-electron chi connectivity index (χ0n) is 15.8. The van der Waals surface area contributed by atoms with Crippen molar-refractivity contribution >= 4 is 46.4 Å². The summed E-state index contributed by atoms with van der Waals surface area (Å²) in [7, 11) is 1.55. The Morgan fingerprint density at radius 2 is 1.63 bits per heavy atom. The van der Waals surface area contributed by atoms with Gasteiger partial charge in [0.15, 0.2) is 0 Å². The van der Waals surface area contributed by atoms with Crippen LogP contribution >= 0.6 is 23.4 Å². The zero-order valence-corrected chi connectivity index (χ0v) is 17.3. The van der Waals surface area contributed by atoms with Gasteiger partial charge in [-0.2, -0.15) is 0 Å². The maximum absolute atomic E-state index is 13.8. The van der Waals surface area contributed by atoms with Crippen molar-refractivity contribution in [2.24, 2.45) is 0 Å². The molecule has 1 aliphatic heterocycles. The lowest BCUT2D eigenvalue weighted by Crippen LogP contribution is -2.31. The highest BCUT2D eigenvalue weighted by atomic mass is 35.5. The zero-order chi connectivity index (χ0) is 21.3. The van der Waals surface area contributed by atoms with Gasteiger partial charge in [-0.05, 0) is 60.2 Å². The van der Waals surface area contributed by atoms with Gasteiger partial charge in [0.25, 0.3) is 11.8 Å². The molecule has 0 fully saturated rings. The van der Waals surface area contributed by atoms with Crippen molar-refractivity contribution in [3.63, 3.8) is 0 Å². The Morgan fingerprint density at radius 1 is 0.933 bits per heavy atom. The second kappa shape index (κ2) is 8.34. The Labute approximate surface area is 181 Å². The fourth-order valence-corrected chi connectivity index (χ4v) is 4.21. The molecule has 0 spiro atoms. The van der Waals surface area contributed by atoms with Gasteiger partial charge in [0.1, 0.15) is 11.6 Å². The maximum atomic E-state index is 13.8. The number of nitrogens with zero attached hydrogens (tertiary/aromatic N) is 1. The normalized spacial score (nSPS) is 13.9. The van der Waals surface area contributed by atoms with Gasteiger partial charge in [-0.1, -0.05) is 41.6 Å². The van der Waals surface area contributed by atoms with Crippen LogP contribution in [0, 0.1) is 5.82 Å². The lowest BCUT2D eigenvalue weighted by atomic mass is 10.1. The molecule has 7 heteroatoms. The molecule has 2 amide bonds. The average molecular weight is 440 g/mol. The number of anilines is 1. The summed E-state index contributed by atoms with van der Waals surface area (Å²) in [6.45, 7) is 0. The standard InChI is InChI=1S/C23H15ClFNO3S/c1-29-18-9-5-14(6-10-18)20-21(30-19-11-7-15(24)8-12-19)23(28)26(22(20)27)17-4-2-3-16(25)13-17/h2-13H,1H3. The molecule has 0 bridgehead atoms. The molecule has 30 heavy (non-hydrogen) atoms. The smallest absolute Gasteiger partial charge is 0.272 e. The molecule has 4 nitrogen and oxygen atoms in total. The average Bonchev–Trinajstić information content (AvgIpc) is 2.99. The van der Waals surface area contributed by atoms with E-state index >= 15 is 0 Å². The number of amides is 2. The summed E-state index contributed by atoms with van der Waals surface area (Å²) in [6.07, 6.45) is 0. The Kier molecular flexibility index (Phi) is 5.61. The van der Waals surface area contributed by atoms with Crippen LogP contribution in [0.5, 0.6) is 5.75 Å². The summed E-state index contributed by atoms with van der Waals surface area (Å²) in [5.74, 6) is -0.911. The third-order valence-electron chi connectivity index (χ3n) is 4.52. The Bertz CT molecular complexity index is 1160. The van der Waals surface area contributed by atoms with E-state index in [1.807, 2.05) is 0 Å². The molecule has 0 aliphatic carbocycles. The fourth-order valence-electron chi connectivity index (χ4n) is 3.09. The Hall–Kier alpha value is -3.09. The molecular formula is C23H15ClFNO3S. The highest BCUT2D eigenvalue weighted by Gasteiger charge is 2.40. The lowest BCUT2D eigenvalue weighted by Gasteiger charge is -2.15. The number of halogens is 2. The number of thioether (sulfide) groups is 1. The van der Waals surface area contributed by atoms with Crippen LogP contribution in [0.4, 0.5) is 10.1 Å². The SMILES string of the molecule is COc1ccc(C2=C(Sc3ccc(Cl)cc3)C(=O)N(c3cccc(F)c3)C2=O)cc1. The molecule has 0 N–H and O–H groups in total. The van der Waals surface area contributed by atoms with Crippen LogP contribution in [0.2, 0.25) is 5.02 Å². The number of carbonyl (C=O) groups excluding carboxylic acids is 2. The predicted molar refractivity (Wildman–Crippen MR) is 116 cm³/mol. The number of rotatable bonds is 5. The second-order valence-corrected chi connectivity index (χ2v) is 7.93. The van der Waals surface area contributed by atoms with Crippen LogP contribution in [-0.4, -0.2) is 18.9 Å². The summed E-state index contributed by atoms with van der Waals surface area (Å²) in [4.78, 5) is 28.6. The van der Waals surface area contributed by atoms with Crippen LogP contribution < -0.4 is 9.64 Å². The van der Waals surface area contributed by atoms with E-state index in [0.717, 1.165) is 15.9 Å². The van der Waals surface area contributed by atoms with Gasteiger partial charge in [0, 0.05) is 9.92 Å². The van der Waals surface area contributed by atoms with Crippen molar-refractivity contribution in [3.05, 3.63) is 94.1 Å². The number of benzene rings is 3. The lowest BCUT2D eigenvalue weighted by molar-refractivity contribution is -0.119. The number of imide groups is 1. The molecule has 0 aromatic heterocycles. The van der Waals surface area contributed by atoms with E-state index < -0.39 is 17.6 Å². The van der Waals surface area contributed by atoms with E-state index in [4.69, 9.17) is 16.3 Å². The minimum absolute atomic E-state index is 0.183. The van der Waals surface area contributed by atoms with E-state index in [2.05, 4.69) is 0 Å². The molecule has 0 saturated carbocycles. The molecule has 0 radical (unpaired) electrons. The van der Waals surface area contributed by atoms with Gasteiger partial charge >= 0.3 is 0 Å². The predicted octanol–water partition coefficient (Wildman–Crippen LogP) is 5.56. The molecule has 0 saturated heterocycles. The number of carbonyl (C=O) groups is 2. The van der Waals surface area contributed by atoms with E-state index in [1.165, 1.54) is 30.0 Å². The monoisotopic (exact) mass is 439 g/mol. The van der Waals surface area contributed by atoms with E-state index in [-0.39, 0.29) is 16.2 Å². The molecule has 1 aliphatic rings. The number of ether oxygens (including phenoxy) is 1. The summed E-state index contributed by atoms with van der Waals surface area (Å²) < 4.78 is 18.9. The first kappa shape index (κ1) is 20.2. The second-order valence-electron chi connectivity index (χ2n) is 6.41. The molecule has 3 aromatic carbocycles. The van der Waals surface area contributed by atoms with Gasteiger partial charge in [-0.15, -0.1) is 0 Å². The van der Waals surface area contributed by atoms with E-state index in [0.29, 0.717) is 16.3 Å². The van der Waals surface area contributed by atoms with Gasteiger partial charge in [-0.25, -0.2) is 9.29 Å². The molecule has 0 atom stereocenters. The van der Waals surface area contributed by atoms with Crippen molar-refractivity contribution in [3.8, 4) is 5.75 Å². The summed E-state index contributed by atoms with van der Waals surface area (Å²) >= 11 is 7.12. The first-order valence-electron chi connectivity index (χ1n) is 8.94.